The summed E-state index contributed by atoms with van der Waals surface area (Å²) in [7, 11) is 0. The number of aliphatic hydroxyl groups is 1. The summed E-state index contributed by atoms with van der Waals surface area (Å²) in [6.45, 7) is 2.10. The third-order valence-corrected chi connectivity index (χ3v) is 3.46. The molecule has 0 bridgehead atoms. The lowest BCUT2D eigenvalue weighted by Gasteiger charge is -2.37. The van der Waals surface area contributed by atoms with E-state index in [1.165, 1.54) is 12.2 Å². The van der Waals surface area contributed by atoms with E-state index in [2.05, 4.69) is 0 Å². The minimum atomic E-state index is -0.712. The van der Waals surface area contributed by atoms with Crippen molar-refractivity contribution in [2.45, 2.75) is 32.6 Å². The van der Waals surface area contributed by atoms with Crippen LogP contribution in [-0.4, -0.2) is 23.5 Å². The number of carbonyl (C=O) groups is 2. The van der Waals surface area contributed by atoms with Gasteiger partial charge in [0.25, 0.3) is 0 Å². The minimum absolute atomic E-state index is 0.00544. The third-order valence-electron chi connectivity index (χ3n) is 3.46. The summed E-state index contributed by atoms with van der Waals surface area (Å²) < 4.78 is 5.11. The molecule has 4 heteroatoms. The van der Waals surface area contributed by atoms with E-state index in [4.69, 9.17) is 4.74 Å². The van der Waals surface area contributed by atoms with Gasteiger partial charge in [0.15, 0.2) is 5.78 Å². The Bertz CT molecular complexity index is 419. The first-order chi connectivity index (χ1) is 8.08. The monoisotopic (exact) mass is 236 g/mol. The number of hydrogen-bond donors (Lipinski definition) is 1. The average molecular weight is 236 g/mol. The van der Waals surface area contributed by atoms with Crippen LogP contribution in [0.15, 0.2) is 23.5 Å². The van der Waals surface area contributed by atoms with Crippen molar-refractivity contribution < 1.29 is 19.4 Å². The molecule has 0 aromatic rings. The molecule has 0 amide bonds. The maximum absolute atomic E-state index is 12.1. The van der Waals surface area contributed by atoms with Gasteiger partial charge < -0.3 is 9.84 Å². The standard InChI is InChI=1S/C13H16O4/c1-2-17-12(16)13-5-3-10(14)7-9(13)8-11(15)4-6-13/h7-8,14H,2-6H2,1H3. The van der Waals surface area contributed by atoms with Gasteiger partial charge in [0.1, 0.15) is 0 Å². The molecule has 0 saturated heterocycles. The van der Waals surface area contributed by atoms with E-state index in [1.807, 2.05) is 0 Å². The first kappa shape index (κ1) is 11.9. The summed E-state index contributed by atoms with van der Waals surface area (Å²) in [5, 5.41) is 9.52. The topological polar surface area (TPSA) is 63.6 Å². The molecule has 1 N–H and O–H groups in total. The molecule has 0 spiro atoms. The minimum Gasteiger partial charge on any atom is -0.512 e. The quantitative estimate of drug-likeness (QED) is 0.745. The number of hydrogen-bond acceptors (Lipinski definition) is 4. The highest BCUT2D eigenvalue weighted by Crippen LogP contribution is 2.46. The van der Waals surface area contributed by atoms with E-state index in [0.29, 0.717) is 37.9 Å². The van der Waals surface area contributed by atoms with Crippen LogP contribution >= 0.6 is 0 Å². The van der Waals surface area contributed by atoms with Crippen LogP contribution in [-0.2, 0) is 14.3 Å². The molecule has 0 aliphatic heterocycles. The Labute approximate surface area is 100.0 Å². The number of carbonyl (C=O) groups excluding carboxylic acids is 2. The summed E-state index contributed by atoms with van der Waals surface area (Å²) in [5.41, 5.74) is -0.105. The number of ketones is 1. The van der Waals surface area contributed by atoms with Gasteiger partial charge in [-0.1, -0.05) is 0 Å². The predicted molar refractivity (Wildman–Crippen MR) is 61.3 cm³/mol. The zero-order valence-electron chi connectivity index (χ0n) is 9.86. The maximum Gasteiger partial charge on any atom is 0.316 e. The highest BCUT2D eigenvalue weighted by Gasteiger charge is 2.46. The first-order valence-electron chi connectivity index (χ1n) is 5.90. The van der Waals surface area contributed by atoms with Crippen LogP contribution < -0.4 is 0 Å². The Hall–Kier alpha value is -1.58. The predicted octanol–water partition coefficient (Wildman–Crippen LogP) is 2.06. The number of rotatable bonds is 2. The molecular formula is C13H16O4. The van der Waals surface area contributed by atoms with Gasteiger partial charge in [0.2, 0.25) is 0 Å². The van der Waals surface area contributed by atoms with E-state index in [0.717, 1.165) is 0 Å². The molecule has 2 rings (SSSR count). The van der Waals surface area contributed by atoms with E-state index < -0.39 is 5.41 Å². The van der Waals surface area contributed by atoms with Crippen molar-refractivity contribution in [1.29, 1.82) is 0 Å². The summed E-state index contributed by atoms with van der Waals surface area (Å²) in [6, 6.07) is 0. The Morgan fingerprint density at radius 1 is 1.41 bits per heavy atom. The lowest BCUT2D eigenvalue weighted by Crippen LogP contribution is -2.39. The molecule has 0 aromatic heterocycles. The highest BCUT2D eigenvalue weighted by molar-refractivity contribution is 5.96. The lowest BCUT2D eigenvalue weighted by molar-refractivity contribution is -0.154. The first-order valence-corrected chi connectivity index (χ1v) is 5.90. The second kappa shape index (κ2) is 4.35. The second-order valence-electron chi connectivity index (χ2n) is 4.50. The molecule has 0 saturated carbocycles. The smallest absolute Gasteiger partial charge is 0.316 e. The normalized spacial score (nSPS) is 27.9. The van der Waals surface area contributed by atoms with Crippen molar-refractivity contribution in [1.82, 2.24) is 0 Å². The fourth-order valence-electron chi connectivity index (χ4n) is 2.50. The fourth-order valence-corrected chi connectivity index (χ4v) is 2.50. The summed E-state index contributed by atoms with van der Waals surface area (Å²) in [6.07, 6.45) is 4.85. The van der Waals surface area contributed by atoms with Crippen LogP contribution in [0.3, 0.4) is 0 Å². The lowest BCUT2D eigenvalue weighted by atomic mass is 9.66. The van der Waals surface area contributed by atoms with Gasteiger partial charge in [-0.3, -0.25) is 9.59 Å². The van der Waals surface area contributed by atoms with Gasteiger partial charge in [-0.25, -0.2) is 0 Å². The van der Waals surface area contributed by atoms with Crippen molar-refractivity contribution in [2.24, 2.45) is 5.41 Å². The van der Waals surface area contributed by atoms with Crippen LogP contribution in [0.25, 0.3) is 0 Å². The molecule has 0 aromatic carbocycles. The van der Waals surface area contributed by atoms with Crippen LogP contribution in [0.5, 0.6) is 0 Å². The molecule has 17 heavy (non-hydrogen) atoms. The van der Waals surface area contributed by atoms with Gasteiger partial charge in [-0.15, -0.1) is 0 Å². The van der Waals surface area contributed by atoms with Crippen molar-refractivity contribution in [2.75, 3.05) is 6.61 Å². The molecule has 92 valence electrons. The van der Waals surface area contributed by atoms with Crippen molar-refractivity contribution >= 4 is 11.8 Å². The average Bonchev–Trinajstić information content (AvgIpc) is 2.29. The molecule has 0 fully saturated rings. The zero-order valence-corrected chi connectivity index (χ0v) is 9.86. The molecule has 1 atom stereocenters. The van der Waals surface area contributed by atoms with Crippen molar-refractivity contribution in [3.63, 3.8) is 0 Å². The van der Waals surface area contributed by atoms with Crippen LogP contribution in [0, 0.1) is 5.41 Å². The molecule has 2 aliphatic rings. The number of aliphatic hydroxyl groups excluding tert-OH is 1. The summed E-state index contributed by atoms with van der Waals surface area (Å²) in [5.74, 6) is -0.0424. The van der Waals surface area contributed by atoms with Crippen molar-refractivity contribution in [3.05, 3.63) is 23.5 Å². The Morgan fingerprint density at radius 3 is 2.82 bits per heavy atom. The SMILES string of the molecule is CCOC(=O)C12CCC(=O)C=C1C=C(O)CC2. The zero-order chi connectivity index (χ0) is 12.5. The Balaban J connectivity index is 2.40. The second-order valence-corrected chi connectivity index (χ2v) is 4.50. The fraction of sp³-hybridized carbons (Fsp3) is 0.538. The van der Waals surface area contributed by atoms with E-state index in [9.17, 15) is 14.7 Å². The number of ether oxygens (including phenoxy) is 1. The van der Waals surface area contributed by atoms with E-state index in [-0.39, 0.29) is 17.5 Å². The number of esters is 1. The number of fused-ring (bicyclic) bond motifs is 1. The van der Waals surface area contributed by atoms with Crippen LogP contribution in [0.2, 0.25) is 0 Å². The van der Waals surface area contributed by atoms with Gasteiger partial charge >= 0.3 is 5.97 Å². The van der Waals surface area contributed by atoms with E-state index >= 15 is 0 Å². The van der Waals surface area contributed by atoms with Crippen molar-refractivity contribution in [3.8, 4) is 0 Å². The molecule has 4 nitrogen and oxygen atoms in total. The highest BCUT2D eigenvalue weighted by atomic mass is 16.5. The van der Waals surface area contributed by atoms with Gasteiger partial charge in [0.05, 0.1) is 17.8 Å². The summed E-state index contributed by atoms with van der Waals surface area (Å²) in [4.78, 5) is 23.5. The molecule has 0 radical (unpaired) electrons. The van der Waals surface area contributed by atoms with E-state index in [1.54, 1.807) is 6.92 Å². The van der Waals surface area contributed by atoms with Gasteiger partial charge in [-0.05, 0) is 37.5 Å². The largest absolute Gasteiger partial charge is 0.512 e. The van der Waals surface area contributed by atoms with Crippen LogP contribution in [0.1, 0.15) is 32.6 Å². The molecule has 1 unspecified atom stereocenters. The maximum atomic E-state index is 12.1. The number of allylic oxidation sites excluding steroid dienone is 3. The molecule has 2 aliphatic carbocycles. The third kappa shape index (κ3) is 1.99. The molecular weight excluding hydrogens is 220 g/mol. The van der Waals surface area contributed by atoms with Crippen LogP contribution in [0.4, 0.5) is 0 Å². The summed E-state index contributed by atoms with van der Waals surface area (Å²) >= 11 is 0. The van der Waals surface area contributed by atoms with Gasteiger partial charge in [0, 0.05) is 12.8 Å². The molecule has 0 heterocycles. The Morgan fingerprint density at radius 2 is 2.12 bits per heavy atom. The Kier molecular flexibility index (Phi) is 3.05. The van der Waals surface area contributed by atoms with Gasteiger partial charge in [-0.2, -0.15) is 0 Å².